The highest BCUT2D eigenvalue weighted by molar-refractivity contribution is 9.10. The van der Waals surface area contributed by atoms with E-state index in [-0.39, 0.29) is 5.91 Å². The third-order valence-corrected chi connectivity index (χ3v) is 4.07. The van der Waals surface area contributed by atoms with E-state index in [0.717, 1.165) is 27.1 Å². The summed E-state index contributed by atoms with van der Waals surface area (Å²) in [5.41, 5.74) is 4.00. The average molecular weight is 358 g/mol. The first-order valence-corrected chi connectivity index (χ1v) is 7.93. The van der Waals surface area contributed by atoms with E-state index in [1.165, 1.54) is 0 Å². The Hall–Kier alpha value is -2.14. The molecule has 0 aliphatic heterocycles. The molecule has 5 heteroatoms. The largest absolute Gasteiger partial charge is 0.320 e. The first kappa shape index (κ1) is 14.8. The smallest absolute Gasteiger partial charge is 0.274 e. The minimum atomic E-state index is -0.142. The fourth-order valence-electron chi connectivity index (χ4n) is 2.45. The van der Waals surface area contributed by atoms with Gasteiger partial charge in [0.1, 0.15) is 11.3 Å². The molecule has 0 radical (unpaired) electrons. The van der Waals surface area contributed by atoms with Crippen molar-refractivity contribution in [3.63, 3.8) is 0 Å². The molecule has 0 saturated carbocycles. The van der Waals surface area contributed by atoms with Gasteiger partial charge in [-0.05, 0) is 53.0 Å². The summed E-state index contributed by atoms with van der Waals surface area (Å²) in [6, 6.07) is 11.6. The summed E-state index contributed by atoms with van der Waals surface area (Å²) in [6.45, 7) is 3.97. The monoisotopic (exact) mass is 357 g/mol. The summed E-state index contributed by atoms with van der Waals surface area (Å²) in [5.74, 6) is -0.142. The molecule has 0 fully saturated rings. The fraction of sp³-hybridized carbons (Fsp3) is 0.176. The van der Waals surface area contributed by atoms with Gasteiger partial charge >= 0.3 is 0 Å². The molecule has 1 N–H and O–H groups in total. The van der Waals surface area contributed by atoms with Gasteiger partial charge in [0.05, 0.1) is 5.69 Å². The Balaban J connectivity index is 2.06. The quantitative estimate of drug-likeness (QED) is 0.762. The van der Waals surface area contributed by atoms with Crippen molar-refractivity contribution in [2.75, 3.05) is 5.32 Å². The van der Waals surface area contributed by atoms with Crippen LogP contribution in [0.4, 0.5) is 5.69 Å². The lowest BCUT2D eigenvalue weighted by Crippen LogP contribution is -2.16. The molecule has 0 aliphatic rings. The van der Waals surface area contributed by atoms with Gasteiger partial charge < -0.3 is 5.32 Å². The van der Waals surface area contributed by atoms with Gasteiger partial charge in [0.2, 0.25) is 0 Å². The highest BCUT2D eigenvalue weighted by atomic mass is 79.9. The number of benzene rings is 1. The summed E-state index contributed by atoms with van der Waals surface area (Å²) in [7, 11) is 0. The fourth-order valence-corrected chi connectivity index (χ4v) is 2.79. The predicted molar refractivity (Wildman–Crippen MR) is 91.4 cm³/mol. The maximum absolute atomic E-state index is 12.7. The Morgan fingerprint density at radius 2 is 2.05 bits per heavy atom. The van der Waals surface area contributed by atoms with Crippen LogP contribution in [0.5, 0.6) is 0 Å². The second-order valence-electron chi connectivity index (χ2n) is 5.11. The van der Waals surface area contributed by atoms with E-state index < -0.39 is 0 Å². The number of imidazole rings is 1. The first-order chi connectivity index (χ1) is 10.6. The van der Waals surface area contributed by atoms with Gasteiger partial charge in [-0.25, -0.2) is 4.98 Å². The van der Waals surface area contributed by atoms with Gasteiger partial charge in [0.25, 0.3) is 5.91 Å². The van der Waals surface area contributed by atoms with Crippen molar-refractivity contribution in [2.45, 2.75) is 20.3 Å². The Bertz CT molecular complexity index is 854. The summed E-state index contributed by atoms with van der Waals surface area (Å²) < 4.78 is 2.74. The minimum Gasteiger partial charge on any atom is -0.320 e. The van der Waals surface area contributed by atoms with Crippen molar-refractivity contribution < 1.29 is 4.79 Å². The third kappa shape index (κ3) is 2.64. The van der Waals surface area contributed by atoms with E-state index >= 15 is 0 Å². The molecule has 4 nitrogen and oxygen atoms in total. The molecule has 0 aliphatic carbocycles. The molecule has 0 atom stereocenters. The van der Waals surface area contributed by atoms with Crippen molar-refractivity contribution in [1.29, 1.82) is 0 Å². The zero-order valence-corrected chi connectivity index (χ0v) is 14.0. The molecule has 0 saturated heterocycles. The van der Waals surface area contributed by atoms with Crippen LogP contribution in [0.15, 0.2) is 47.1 Å². The summed E-state index contributed by atoms with van der Waals surface area (Å²) in [4.78, 5) is 17.3. The number of carbonyl (C=O) groups is 1. The van der Waals surface area contributed by atoms with Crippen LogP contribution in [0, 0.1) is 6.92 Å². The van der Waals surface area contributed by atoms with Gasteiger partial charge in [0.15, 0.2) is 0 Å². The van der Waals surface area contributed by atoms with Crippen LogP contribution in [-0.4, -0.2) is 15.3 Å². The number of para-hydroxylation sites is 1. The van der Waals surface area contributed by atoms with E-state index in [1.807, 2.05) is 60.8 Å². The van der Waals surface area contributed by atoms with E-state index in [1.54, 1.807) is 0 Å². The van der Waals surface area contributed by atoms with Crippen LogP contribution in [0.1, 0.15) is 28.7 Å². The SMILES string of the molecule is CCc1nc2ccc(Br)cn2c1C(=O)Nc1ccccc1C. The number of hydrogen-bond donors (Lipinski definition) is 1. The summed E-state index contributed by atoms with van der Waals surface area (Å²) in [5, 5.41) is 2.98. The number of aryl methyl sites for hydroxylation is 2. The number of hydrogen-bond acceptors (Lipinski definition) is 2. The van der Waals surface area contributed by atoms with Crippen molar-refractivity contribution in [1.82, 2.24) is 9.38 Å². The number of anilines is 1. The van der Waals surface area contributed by atoms with Crippen molar-refractivity contribution >= 4 is 33.2 Å². The molecule has 112 valence electrons. The highest BCUT2D eigenvalue weighted by Crippen LogP contribution is 2.20. The van der Waals surface area contributed by atoms with Crippen LogP contribution in [-0.2, 0) is 6.42 Å². The number of fused-ring (bicyclic) bond motifs is 1. The first-order valence-electron chi connectivity index (χ1n) is 7.13. The third-order valence-electron chi connectivity index (χ3n) is 3.60. The number of halogens is 1. The number of aromatic nitrogens is 2. The molecule has 2 aromatic heterocycles. The lowest BCUT2D eigenvalue weighted by molar-refractivity contribution is 0.102. The molecule has 2 heterocycles. The maximum Gasteiger partial charge on any atom is 0.274 e. The average Bonchev–Trinajstić information content (AvgIpc) is 2.87. The second kappa shape index (κ2) is 5.93. The van der Waals surface area contributed by atoms with Crippen LogP contribution in [0.3, 0.4) is 0 Å². The van der Waals surface area contributed by atoms with Crippen molar-refractivity contribution in [3.05, 3.63) is 64.0 Å². The van der Waals surface area contributed by atoms with Gasteiger partial charge in [-0.3, -0.25) is 9.20 Å². The summed E-state index contributed by atoms with van der Waals surface area (Å²) in [6.07, 6.45) is 2.57. The van der Waals surface area contributed by atoms with Gasteiger partial charge in [-0.15, -0.1) is 0 Å². The topological polar surface area (TPSA) is 46.4 Å². The molecule has 3 aromatic rings. The lowest BCUT2D eigenvalue weighted by atomic mass is 10.2. The molecule has 1 amide bonds. The highest BCUT2D eigenvalue weighted by Gasteiger charge is 2.18. The zero-order chi connectivity index (χ0) is 15.7. The molecule has 0 bridgehead atoms. The Kier molecular flexibility index (Phi) is 3.98. The number of carbonyl (C=O) groups excluding carboxylic acids is 1. The van der Waals surface area contributed by atoms with Crippen LogP contribution >= 0.6 is 15.9 Å². The Morgan fingerprint density at radius 1 is 1.27 bits per heavy atom. The number of pyridine rings is 1. The van der Waals surface area contributed by atoms with Crippen LogP contribution in [0.25, 0.3) is 5.65 Å². The van der Waals surface area contributed by atoms with E-state index in [0.29, 0.717) is 12.1 Å². The minimum absolute atomic E-state index is 0.142. The molecule has 0 unspecified atom stereocenters. The number of nitrogens with zero attached hydrogens (tertiary/aromatic N) is 2. The zero-order valence-electron chi connectivity index (χ0n) is 12.4. The number of amides is 1. The Morgan fingerprint density at radius 3 is 2.77 bits per heavy atom. The van der Waals surface area contributed by atoms with Gasteiger partial charge in [-0.1, -0.05) is 25.1 Å². The van der Waals surface area contributed by atoms with Crippen molar-refractivity contribution in [2.24, 2.45) is 0 Å². The van der Waals surface area contributed by atoms with Crippen LogP contribution < -0.4 is 5.32 Å². The lowest BCUT2D eigenvalue weighted by Gasteiger charge is -2.09. The Labute approximate surface area is 137 Å². The molecule has 22 heavy (non-hydrogen) atoms. The molecular weight excluding hydrogens is 342 g/mol. The standard InChI is InChI=1S/C17H16BrN3O/c1-3-13-16(21-10-12(18)8-9-15(21)19-13)17(22)20-14-7-5-4-6-11(14)2/h4-10H,3H2,1-2H3,(H,20,22). The maximum atomic E-state index is 12.7. The van der Waals surface area contributed by atoms with E-state index in [4.69, 9.17) is 0 Å². The van der Waals surface area contributed by atoms with Gasteiger partial charge in [-0.2, -0.15) is 0 Å². The normalized spacial score (nSPS) is 10.9. The van der Waals surface area contributed by atoms with E-state index in [2.05, 4.69) is 26.2 Å². The summed E-state index contributed by atoms with van der Waals surface area (Å²) >= 11 is 3.45. The predicted octanol–water partition coefficient (Wildman–Crippen LogP) is 4.22. The molecular formula is C17H16BrN3O. The molecule has 0 spiro atoms. The van der Waals surface area contributed by atoms with Gasteiger partial charge in [0, 0.05) is 16.4 Å². The van der Waals surface area contributed by atoms with E-state index in [9.17, 15) is 4.79 Å². The number of rotatable bonds is 3. The molecule has 1 aromatic carbocycles. The van der Waals surface area contributed by atoms with Crippen molar-refractivity contribution in [3.8, 4) is 0 Å². The second-order valence-corrected chi connectivity index (χ2v) is 6.02. The number of nitrogens with one attached hydrogen (secondary N) is 1. The molecule has 3 rings (SSSR count). The van der Waals surface area contributed by atoms with Crippen LogP contribution in [0.2, 0.25) is 0 Å².